The van der Waals surface area contributed by atoms with Crippen LogP contribution in [0.4, 0.5) is 0 Å². The number of furan rings is 1. The number of benzene rings is 1. The number of carbonyl (C=O) groups excluding carboxylic acids is 1. The summed E-state index contributed by atoms with van der Waals surface area (Å²) in [5, 5.41) is 12.6. The van der Waals surface area contributed by atoms with Crippen molar-refractivity contribution in [2.75, 3.05) is 5.75 Å². The highest BCUT2D eigenvalue weighted by atomic mass is 35.5. The fourth-order valence-electron chi connectivity index (χ4n) is 2.61. The molecule has 0 radical (unpaired) electrons. The van der Waals surface area contributed by atoms with E-state index in [0.29, 0.717) is 16.0 Å². The third kappa shape index (κ3) is 3.94. The maximum atomic E-state index is 12.3. The number of nitrogens with one attached hydrogen (secondary N) is 1. The lowest BCUT2D eigenvalue weighted by molar-refractivity contribution is -0.119. The summed E-state index contributed by atoms with van der Waals surface area (Å²) in [6, 6.07) is 9.17. The lowest BCUT2D eigenvalue weighted by Gasteiger charge is -2.15. The van der Waals surface area contributed by atoms with E-state index in [1.54, 1.807) is 6.26 Å². The molecule has 8 heteroatoms. The molecule has 26 heavy (non-hydrogen) atoms. The molecule has 0 saturated heterocycles. The smallest absolute Gasteiger partial charge is 0.230 e. The first kappa shape index (κ1) is 18.5. The number of aryl methyl sites for hydroxylation is 1. The first-order valence-electron chi connectivity index (χ1n) is 8.07. The number of rotatable bonds is 6. The average molecular weight is 391 g/mol. The van der Waals surface area contributed by atoms with Gasteiger partial charge in [-0.25, -0.2) is 0 Å². The third-order valence-electron chi connectivity index (χ3n) is 4.02. The van der Waals surface area contributed by atoms with Crippen LogP contribution in [0.25, 0.3) is 11.4 Å². The molecule has 136 valence electrons. The summed E-state index contributed by atoms with van der Waals surface area (Å²) >= 11 is 7.51. The lowest BCUT2D eigenvalue weighted by Crippen LogP contribution is -2.28. The molecule has 6 nitrogen and oxygen atoms in total. The Morgan fingerprint density at radius 3 is 2.81 bits per heavy atom. The van der Waals surface area contributed by atoms with Gasteiger partial charge in [-0.05, 0) is 31.5 Å². The molecule has 0 aliphatic rings. The Labute approximate surface area is 160 Å². The monoisotopic (exact) mass is 390 g/mol. The first-order chi connectivity index (χ1) is 12.5. The number of nitrogens with zero attached hydrogens (tertiary/aromatic N) is 3. The van der Waals surface area contributed by atoms with Gasteiger partial charge in [0.15, 0.2) is 11.0 Å². The third-order valence-corrected chi connectivity index (χ3v) is 5.38. The van der Waals surface area contributed by atoms with Crippen molar-refractivity contribution in [1.29, 1.82) is 0 Å². The molecule has 2 aromatic heterocycles. The summed E-state index contributed by atoms with van der Waals surface area (Å²) in [7, 11) is 1.87. The predicted molar refractivity (Wildman–Crippen MR) is 102 cm³/mol. The molecule has 2 heterocycles. The molecule has 0 bridgehead atoms. The molecule has 1 atom stereocenters. The fourth-order valence-corrected chi connectivity index (χ4v) is 3.63. The summed E-state index contributed by atoms with van der Waals surface area (Å²) < 4.78 is 7.17. The lowest BCUT2D eigenvalue weighted by atomic mass is 10.1. The molecule has 0 saturated carbocycles. The molecule has 0 aliphatic heterocycles. The molecule has 1 aromatic carbocycles. The van der Waals surface area contributed by atoms with E-state index < -0.39 is 0 Å². The van der Waals surface area contributed by atoms with Crippen LogP contribution in [0.5, 0.6) is 0 Å². The minimum atomic E-state index is -0.166. The van der Waals surface area contributed by atoms with Gasteiger partial charge in [0.2, 0.25) is 5.91 Å². The van der Waals surface area contributed by atoms with E-state index >= 15 is 0 Å². The molecule has 1 unspecified atom stereocenters. The first-order valence-corrected chi connectivity index (χ1v) is 9.44. The Morgan fingerprint density at radius 1 is 1.35 bits per heavy atom. The van der Waals surface area contributed by atoms with Crippen molar-refractivity contribution >= 4 is 29.3 Å². The second-order valence-electron chi connectivity index (χ2n) is 5.86. The molecular weight excluding hydrogens is 372 g/mol. The minimum Gasteiger partial charge on any atom is -0.469 e. The van der Waals surface area contributed by atoms with Crippen LogP contribution < -0.4 is 5.32 Å². The molecule has 0 spiro atoms. The second-order valence-corrected chi connectivity index (χ2v) is 7.20. The van der Waals surface area contributed by atoms with E-state index in [1.165, 1.54) is 11.8 Å². The van der Waals surface area contributed by atoms with Crippen molar-refractivity contribution in [3.05, 3.63) is 52.9 Å². The maximum absolute atomic E-state index is 12.3. The van der Waals surface area contributed by atoms with Crippen molar-refractivity contribution < 1.29 is 9.21 Å². The van der Waals surface area contributed by atoms with Crippen molar-refractivity contribution in [3.63, 3.8) is 0 Å². The quantitative estimate of drug-likeness (QED) is 0.644. The number of thioether (sulfide) groups is 1. The summed E-state index contributed by atoms with van der Waals surface area (Å²) in [6.45, 7) is 3.78. The highest BCUT2D eigenvalue weighted by Crippen LogP contribution is 2.26. The van der Waals surface area contributed by atoms with Gasteiger partial charge in [-0.2, -0.15) is 0 Å². The van der Waals surface area contributed by atoms with Crippen LogP contribution >= 0.6 is 23.4 Å². The summed E-state index contributed by atoms with van der Waals surface area (Å²) in [4.78, 5) is 12.3. The molecule has 1 N–H and O–H groups in total. The Morgan fingerprint density at radius 2 is 2.12 bits per heavy atom. The minimum absolute atomic E-state index is 0.0912. The number of aromatic nitrogens is 3. The van der Waals surface area contributed by atoms with Gasteiger partial charge < -0.3 is 14.3 Å². The zero-order valence-corrected chi connectivity index (χ0v) is 16.3. The van der Waals surface area contributed by atoms with E-state index in [4.69, 9.17) is 16.0 Å². The molecule has 3 aromatic rings. The normalized spacial score (nSPS) is 12.2. The van der Waals surface area contributed by atoms with Gasteiger partial charge in [-0.15, -0.1) is 10.2 Å². The van der Waals surface area contributed by atoms with Gasteiger partial charge >= 0.3 is 0 Å². The largest absolute Gasteiger partial charge is 0.469 e. The molecule has 3 rings (SSSR count). The van der Waals surface area contributed by atoms with Crippen LogP contribution in [-0.2, 0) is 11.8 Å². The van der Waals surface area contributed by atoms with E-state index in [1.807, 2.05) is 55.8 Å². The van der Waals surface area contributed by atoms with Crippen LogP contribution in [0.3, 0.4) is 0 Å². The van der Waals surface area contributed by atoms with Crippen LogP contribution in [0.2, 0.25) is 5.02 Å². The summed E-state index contributed by atoms with van der Waals surface area (Å²) in [5.41, 5.74) is 1.78. The Balaban J connectivity index is 1.61. The number of amides is 1. The highest BCUT2D eigenvalue weighted by Gasteiger charge is 2.17. The zero-order chi connectivity index (χ0) is 18.7. The van der Waals surface area contributed by atoms with Crippen LogP contribution in [0.15, 0.2) is 46.2 Å². The van der Waals surface area contributed by atoms with E-state index in [0.717, 1.165) is 16.9 Å². The summed E-state index contributed by atoms with van der Waals surface area (Å²) in [5.74, 6) is 1.64. The van der Waals surface area contributed by atoms with Gasteiger partial charge in [0.05, 0.1) is 23.6 Å². The number of hydrogen-bond acceptors (Lipinski definition) is 5. The van der Waals surface area contributed by atoms with Gasteiger partial charge in [0.1, 0.15) is 5.76 Å². The molecule has 0 fully saturated rings. The molecule has 1 amide bonds. The van der Waals surface area contributed by atoms with Crippen molar-refractivity contribution in [1.82, 2.24) is 20.1 Å². The summed E-state index contributed by atoms with van der Waals surface area (Å²) in [6.07, 6.45) is 1.62. The van der Waals surface area contributed by atoms with Gasteiger partial charge in [0.25, 0.3) is 0 Å². The van der Waals surface area contributed by atoms with Crippen molar-refractivity contribution in [3.8, 4) is 11.4 Å². The van der Waals surface area contributed by atoms with E-state index in [9.17, 15) is 4.79 Å². The number of hydrogen-bond donors (Lipinski definition) is 1. The molecule has 0 aliphatic carbocycles. The Hall–Kier alpha value is -2.25. The van der Waals surface area contributed by atoms with Crippen LogP contribution in [-0.4, -0.2) is 26.4 Å². The van der Waals surface area contributed by atoms with E-state index in [2.05, 4.69) is 15.5 Å². The zero-order valence-electron chi connectivity index (χ0n) is 14.7. The fraction of sp³-hybridized carbons (Fsp3) is 0.278. The second kappa shape index (κ2) is 7.97. The highest BCUT2D eigenvalue weighted by molar-refractivity contribution is 7.99. The Bertz CT molecular complexity index is 922. The van der Waals surface area contributed by atoms with Crippen LogP contribution in [0.1, 0.15) is 24.3 Å². The van der Waals surface area contributed by atoms with Gasteiger partial charge in [-0.3, -0.25) is 4.79 Å². The maximum Gasteiger partial charge on any atom is 0.230 e. The molecular formula is C18H19ClN4O2S. The van der Waals surface area contributed by atoms with Crippen LogP contribution in [0, 0.1) is 6.92 Å². The number of halogens is 1. The number of carbonyl (C=O) groups is 1. The van der Waals surface area contributed by atoms with Gasteiger partial charge in [0, 0.05) is 12.1 Å². The van der Waals surface area contributed by atoms with Crippen molar-refractivity contribution in [2.24, 2.45) is 7.05 Å². The standard InChI is InChI=1S/C18H19ClN4O2S/c1-11(13-6-4-5-7-15(13)19)20-16(24)10-26-18-22-21-17(23(18)3)14-8-9-25-12(14)2/h4-9,11H,10H2,1-3H3,(H,20,24). The van der Waals surface area contributed by atoms with Crippen molar-refractivity contribution in [2.45, 2.75) is 25.0 Å². The predicted octanol–water partition coefficient (Wildman–Crippen LogP) is 4.01. The SMILES string of the molecule is Cc1occc1-c1nnc(SCC(=O)NC(C)c2ccccc2Cl)n1C. The topological polar surface area (TPSA) is 72.9 Å². The average Bonchev–Trinajstić information content (AvgIpc) is 3.18. The van der Waals surface area contributed by atoms with E-state index in [-0.39, 0.29) is 17.7 Å². The van der Waals surface area contributed by atoms with Gasteiger partial charge in [-0.1, -0.05) is 41.6 Å². The Kier molecular flexibility index (Phi) is 5.68.